The molecule has 82 valence electrons. The van der Waals surface area contributed by atoms with Crippen molar-refractivity contribution in [1.29, 1.82) is 0 Å². The third kappa shape index (κ3) is 1.74. The molecular weight excluding hydrogens is 215 g/mol. The molecule has 0 saturated heterocycles. The normalized spacial score (nSPS) is 10.4. The molecule has 0 spiro atoms. The van der Waals surface area contributed by atoms with Crippen molar-refractivity contribution in [2.45, 2.75) is 0 Å². The summed E-state index contributed by atoms with van der Waals surface area (Å²) in [4.78, 5) is 0. The molecule has 2 aromatic carbocycles. The zero-order valence-electron chi connectivity index (χ0n) is 8.18. The van der Waals surface area contributed by atoms with Gasteiger partial charge in [0.15, 0.2) is 11.6 Å². The van der Waals surface area contributed by atoms with Gasteiger partial charge in [-0.25, -0.2) is 13.2 Å². The van der Waals surface area contributed by atoms with Crippen LogP contribution in [0.3, 0.4) is 0 Å². The topological polar surface area (TPSA) is 26.0 Å². The van der Waals surface area contributed by atoms with Crippen LogP contribution in [-0.4, -0.2) is 0 Å². The van der Waals surface area contributed by atoms with Crippen LogP contribution < -0.4 is 5.73 Å². The minimum Gasteiger partial charge on any atom is -0.399 e. The number of halogens is 3. The molecule has 0 amide bonds. The number of rotatable bonds is 1. The lowest BCUT2D eigenvalue weighted by Crippen LogP contribution is -1.93. The van der Waals surface area contributed by atoms with E-state index in [1.165, 1.54) is 24.3 Å². The van der Waals surface area contributed by atoms with Gasteiger partial charge in [-0.15, -0.1) is 0 Å². The highest BCUT2D eigenvalue weighted by atomic mass is 19.2. The third-order valence-corrected chi connectivity index (χ3v) is 2.23. The number of hydrogen-bond donors (Lipinski definition) is 1. The first-order chi connectivity index (χ1) is 7.59. The summed E-state index contributed by atoms with van der Waals surface area (Å²) in [7, 11) is 0. The van der Waals surface area contributed by atoms with E-state index < -0.39 is 17.5 Å². The summed E-state index contributed by atoms with van der Waals surface area (Å²) in [5.41, 5.74) is 5.48. The molecule has 0 bridgehead atoms. The molecule has 0 aromatic heterocycles. The van der Waals surface area contributed by atoms with Crippen molar-refractivity contribution in [3.05, 3.63) is 53.8 Å². The molecule has 0 heterocycles. The van der Waals surface area contributed by atoms with E-state index in [0.29, 0.717) is 0 Å². The number of anilines is 1. The predicted molar refractivity (Wildman–Crippen MR) is 56.2 cm³/mol. The molecule has 0 atom stereocenters. The van der Waals surface area contributed by atoms with Gasteiger partial charge in [-0.05, 0) is 24.3 Å². The van der Waals surface area contributed by atoms with E-state index in [4.69, 9.17) is 5.73 Å². The Hall–Kier alpha value is -1.97. The van der Waals surface area contributed by atoms with Crippen molar-refractivity contribution in [2.75, 3.05) is 5.73 Å². The molecule has 0 aliphatic carbocycles. The van der Waals surface area contributed by atoms with E-state index in [2.05, 4.69) is 0 Å². The van der Waals surface area contributed by atoms with Crippen LogP contribution in [0.5, 0.6) is 0 Å². The second-order valence-electron chi connectivity index (χ2n) is 3.34. The monoisotopic (exact) mass is 223 g/mol. The quantitative estimate of drug-likeness (QED) is 0.737. The standard InChI is InChI=1S/C12H8F3N/c13-10-3-1-2-9(12(10)15)8-5-4-7(16)6-11(8)14/h1-6H,16H2. The summed E-state index contributed by atoms with van der Waals surface area (Å²) < 4.78 is 39.8. The molecule has 0 fully saturated rings. The van der Waals surface area contributed by atoms with Gasteiger partial charge in [-0.2, -0.15) is 0 Å². The highest BCUT2D eigenvalue weighted by Gasteiger charge is 2.13. The first kappa shape index (κ1) is 10.5. The van der Waals surface area contributed by atoms with Crippen LogP contribution >= 0.6 is 0 Å². The zero-order valence-corrected chi connectivity index (χ0v) is 8.18. The molecule has 0 aliphatic heterocycles. The average molecular weight is 223 g/mol. The van der Waals surface area contributed by atoms with Gasteiger partial charge < -0.3 is 5.73 Å². The smallest absolute Gasteiger partial charge is 0.166 e. The van der Waals surface area contributed by atoms with Crippen molar-refractivity contribution >= 4 is 5.69 Å². The molecule has 0 aliphatic rings. The van der Waals surface area contributed by atoms with E-state index in [1.54, 1.807) is 0 Å². The molecule has 0 saturated carbocycles. The van der Waals surface area contributed by atoms with Crippen molar-refractivity contribution in [3.63, 3.8) is 0 Å². The minimum absolute atomic E-state index is 0.00815. The van der Waals surface area contributed by atoms with Gasteiger partial charge in [0.25, 0.3) is 0 Å². The summed E-state index contributed by atoms with van der Waals surface area (Å²) >= 11 is 0. The minimum atomic E-state index is -1.06. The molecule has 2 rings (SSSR count). The Labute approximate surface area is 90.3 Å². The third-order valence-electron chi connectivity index (χ3n) is 2.23. The van der Waals surface area contributed by atoms with Crippen LogP contribution in [0.1, 0.15) is 0 Å². The fraction of sp³-hybridized carbons (Fsp3) is 0. The van der Waals surface area contributed by atoms with Gasteiger partial charge in [-0.1, -0.05) is 12.1 Å². The van der Waals surface area contributed by atoms with Gasteiger partial charge in [0, 0.05) is 16.8 Å². The van der Waals surface area contributed by atoms with Gasteiger partial charge in [0.1, 0.15) is 5.82 Å². The van der Waals surface area contributed by atoms with E-state index in [1.807, 2.05) is 0 Å². The van der Waals surface area contributed by atoms with E-state index in [9.17, 15) is 13.2 Å². The number of nitrogens with two attached hydrogens (primary N) is 1. The van der Waals surface area contributed by atoms with E-state index >= 15 is 0 Å². The van der Waals surface area contributed by atoms with Crippen LogP contribution in [0.15, 0.2) is 36.4 Å². The Morgan fingerprint density at radius 2 is 1.56 bits per heavy atom. The maximum atomic E-state index is 13.5. The largest absolute Gasteiger partial charge is 0.399 e. The Kier molecular flexibility index (Phi) is 2.56. The van der Waals surface area contributed by atoms with Crippen LogP contribution in [0.25, 0.3) is 11.1 Å². The van der Waals surface area contributed by atoms with Crippen LogP contribution in [0, 0.1) is 17.5 Å². The highest BCUT2D eigenvalue weighted by molar-refractivity contribution is 5.67. The number of benzene rings is 2. The van der Waals surface area contributed by atoms with Crippen molar-refractivity contribution in [2.24, 2.45) is 0 Å². The second kappa shape index (κ2) is 3.89. The predicted octanol–water partition coefficient (Wildman–Crippen LogP) is 3.35. The maximum absolute atomic E-state index is 13.5. The first-order valence-corrected chi connectivity index (χ1v) is 4.59. The molecule has 2 aromatic rings. The highest BCUT2D eigenvalue weighted by Crippen LogP contribution is 2.27. The lowest BCUT2D eigenvalue weighted by atomic mass is 10.0. The lowest BCUT2D eigenvalue weighted by Gasteiger charge is -2.06. The molecule has 4 heteroatoms. The Morgan fingerprint density at radius 3 is 2.25 bits per heavy atom. The first-order valence-electron chi connectivity index (χ1n) is 4.59. The summed E-state index contributed by atoms with van der Waals surface area (Å²) in [5, 5.41) is 0. The van der Waals surface area contributed by atoms with Gasteiger partial charge in [0.05, 0.1) is 0 Å². The maximum Gasteiger partial charge on any atom is 0.166 e. The Balaban J connectivity index is 2.63. The molecule has 16 heavy (non-hydrogen) atoms. The average Bonchev–Trinajstić information content (AvgIpc) is 2.23. The zero-order chi connectivity index (χ0) is 11.7. The lowest BCUT2D eigenvalue weighted by molar-refractivity contribution is 0.510. The molecule has 1 nitrogen and oxygen atoms in total. The Bertz CT molecular complexity index is 538. The van der Waals surface area contributed by atoms with Crippen LogP contribution in [-0.2, 0) is 0 Å². The van der Waals surface area contributed by atoms with Crippen molar-refractivity contribution < 1.29 is 13.2 Å². The van der Waals surface area contributed by atoms with Gasteiger partial charge >= 0.3 is 0 Å². The second-order valence-corrected chi connectivity index (χ2v) is 3.34. The van der Waals surface area contributed by atoms with Gasteiger partial charge in [0.2, 0.25) is 0 Å². The fourth-order valence-electron chi connectivity index (χ4n) is 1.46. The van der Waals surface area contributed by atoms with Gasteiger partial charge in [-0.3, -0.25) is 0 Å². The SMILES string of the molecule is Nc1ccc(-c2cccc(F)c2F)c(F)c1. The summed E-state index contributed by atoms with van der Waals surface area (Å²) in [6, 6.07) is 7.44. The fourth-order valence-corrected chi connectivity index (χ4v) is 1.46. The summed E-state index contributed by atoms with van der Waals surface area (Å²) in [5.74, 6) is -2.75. The van der Waals surface area contributed by atoms with Crippen LogP contribution in [0.4, 0.5) is 18.9 Å². The van der Waals surface area contributed by atoms with Crippen molar-refractivity contribution in [1.82, 2.24) is 0 Å². The van der Waals surface area contributed by atoms with E-state index in [-0.39, 0.29) is 16.8 Å². The number of hydrogen-bond acceptors (Lipinski definition) is 1. The summed E-state index contributed by atoms with van der Waals surface area (Å²) in [6.07, 6.45) is 0. The molecule has 0 unspecified atom stereocenters. The summed E-state index contributed by atoms with van der Waals surface area (Å²) in [6.45, 7) is 0. The van der Waals surface area contributed by atoms with Crippen molar-refractivity contribution in [3.8, 4) is 11.1 Å². The van der Waals surface area contributed by atoms with Crippen LogP contribution in [0.2, 0.25) is 0 Å². The number of nitrogen functional groups attached to an aromatic ring is 1. The Morgan fingerprint density at radius 1 is 0.812 bits per heavy atom. The molecule has 2 N–H and O–H groups in total. The van der Waals surface area contributed by atoms with E-state index in [0.717, 1.165) is 12.1 Å². The molecule has 0 radical (unpaired) electrons. The molecular formula is C12H8F3N.